The van der Waals surface area contributed by atoms with Crippen LogP contribution in [0.15, 0.2) is 24.5 Å². The molecule has 0 aliphatic heterocycles. The fraction of sp³-hybridized carbons (Fsp3) is 0.800. The van der Waals surface area contributed by atoms with Gasteiger partial charge in [-0.15, -0.1) is 0 Å². The number of phosphoric acid groups is 1. The van der Waals surface area contributed by atoms with Crippen LogP contribution in [0, 0.1) is 0 Å². The summed E-state index contributed by atoms with van der Waals surface area (Å²) in [7, 11) is 1.48. The van der Waals surface area contributed by atoms with Gasteiger partial charge >= 0.3 is 7.82 Å². The topological polar surface area (TPSA) is 135 Å². The van der Waals surface area contributed by atoms with Crippen LogP contribution in [0.4, 0.5) is 0 Å². The van der Waals surface area contributed by atoms with Crippen LogP contribution < -0.4 is 5.32 Å². The predicted molar refractivity (Wildman–Crippen MR) is 141 cm³/mol. The number of aliphatic hydroxyl groups excluding tert-OH is 1. The quantitative estimate of drug-likeness (QED) is 0.0267. The minimum Gasteiger partial charge on any atom is -0.387 e. The van der Waals surface area contributed by atoms with E-state index in [2.05, 4.69) is 16.8 Å². The van der Waals surface area contributed by atoms with E-state index in [9.17, 15) is 14.3 Å². The van der Waals surface area contributed by atoms with Crippen LogP contribution in [-0.4, -0.2) is 80.1 Å². The van der Waals surface area contributed by atoms with Crippen LogP contribution in [-0.2, 0) is 23.3 Å². The molecule has 1 amide bonds. The molecule has 10 nitrogen and oxygen atoms in total. The second-order valence-corrected chi connectivity index (χ2v) is 11.5. The molecule has 1 unspecified atom stereocenters. The second kappa shape index (κ2) is 19.8. The molecular formula is C25H50N2O8P+. The van der Waals surface area contributed by atoms with E-state index in [0.29, 0.717) is 29.6 Å². The van der Waals surface area contributed by atoms with Gasteiger partial charge in [0.05, 0.1) is 39.9 Å². The number of nitrogens with one attached hydrogen (secondary N) is 1. The maximum absolute atomic E-state index is 12.5. The van der Waals surface area contributed by atoms with Gasteiger partial charge in [-0.1, -0.05) is 63.7 Å². The molecule has 0 aromatic heterocycles. The van der Waals surface area contributed by atoms with Crippen molar-refractivity contribution in [1.82, 2.24) is 5.32 Å². The Morgan fingerprint density at radius 2 is 1.61 bits per heavy atom. The van der Waals surface area contributed by atoms with E-state index in [1.54, 1.807) is 19.1 Å². The summed E-state index contributed by atoms with van der Waals surface area (Å²) >= 11 is 0. The highest BCUT2D eigenvalue weighted by molar-refractivity contribution is 7.47. The molecule has 0 aliphatic carbocycles. The Morgan fingerprint density at radius 1 is 1.06 bits per heavy atom. The third-order valence-electron chi connectivity index (χ3n) is 5.55. The standard InChI is InChI=1S/C25H49N2O8P/c1-6-16-24(28)23(21-34-36(31,32)33-20-19-27(3,4)5)26-25(29)18-15-13-11-9-7-8-10-12-14-17-22(2)35-30/h6,16,23-24,28H,2,7-15,17-21H2,1,3-5H3,(H2-,26,29,30,31,32)/p+1/b16-6+/t23-,24-/m0/s1/i28T. The molecule has 0 rings (SSSR count). The SMILES string of the molecule is [3H]O[C@@H](/C=C/C)[C@H](COP(=O)(O)OCC[N+](C)(C)C)NC(=O)CCCCCCCCCCCC(=C)OO. The maximum Gasteiger partial charge on any atom is 0.472 e. The van der Waals surface area contributed by atoms with Gasteiger partial charge in [-0.2, -0.15) is 0 Å². The molecule has 212 valence electrons. The van der Waals surface area contributed by atoms with E-state index in [1.807, 2.05) is 21.1 Å². The van der Waals surface area contributed by atoms with Crippen LogP contribution in [0.3, 0.4) is 0 Å². The Bertz CT molecular complexity index is 703. The van der Waals surface area contributed by atoms with Gasteiger partial charge in [0.1, 0.15) is 18.9 Å². The molecular weight excluding hydrogens is 487 g/mol. The Morgan fingerprint density at radius 3 is 2.11 bits per heavy atom. The number of amides is 1. The number of hydrogen-bond donors (Lipinski definition) is 4. The first-order valence-corrected chi connectivity index (χ1v) is 14.4. The number of likely N-dealkylation sites (N-methyl/N-ethyl adjacent to an activating group) is 1. The van der Waals surface area contributed by atoms with Gasteiger partial charge in [-0.25, -0.2) is 9.82 Å². The molecule has 0 radical (unpaired) electrons. The normalized spacial score (nSPS) is 15.8. The maximum atomic E-state index is 12.5. The molecule has 0 saturated carbocycles. The molecule has 36 heavy (non-hydrogen) atoms. The third-order valence-corrected chi connectivity index (χ3v) is 6.53. The Kier molecular flexibility index (Phi) is 18.0. The van der Waals surface area contributed by atoms with Crippen LogP contribution >= 0.6 is 7.82 Å². The molecule has 0 bridgehead atoms. The minimum atomic E-state index is -4.32. The van der Waals surface area contributed by atoms with Gasteiger partial charge in [0.15, 0.2) is 0 Å². The summed E-state index contributed by atoms with van der Waals surface area (Å²) in [6.07, 6.45) is 12.7. The van der Waals surface area contributed by atoms with Crippen molar-refractivity contribution in [3.8, 4) is 0 Å². The minimum absolute atomic E-state index is 0.0394. The molecule has 0 spiro atoms. The number of quaternary nitrogens is 1. The summed E-state index contributed by atoms with van der Waals surface area (Å²) in [5.41, 5.74) is 0. The van der Waals surface area contributed by atoms with Crippen molar-refractivity contribution in [1.29, 1.82) is 1.43 Å². The van der Waals surface area contributed by atoms with Crippen molar-refractivity contribution in [3.05, 3.63) is 24.5 Å². The zero-order valence-corrected chi connectivity index (χ0v) is 23.5. The number of aliphatic hydroxyl groups is 1. The van der Waals surface area contributed by atoms with E-state index in [1.165, 1.54) is 0 Å². The summed E-state index contributed by atoms with van der Waals surface area (Å²) in [5, 5.41) is 15.9. The van der Waals surface area contributed by atoms with E-state index >= 15 is 0 Å². The molecule has 0 heterocycles. The number of unbranched alkanes of at least 4 members (excludes halogenated alkanes) is 8. The average molecular weight is 540 g/mol. The van der Waals surface area contributed by atoms with E-state index in [4.69, 9.17) is 20.8 Å². The summed E-state index contributed by atoms with van der Waals surface area (Å²) in [6.45, 7) is 5.55. The van der Waals surface area contributed by atoms with Crippen molar-refractivity contribution < 1.29 is 43.0 Å². The monoisotopic (exact) mass is 539 g/mol. The number of hydrogen-bond acceptors (Lipinski definition) is 7. The molecule has 0 aliphatic rings. The van der Waals surface area contributed by atoms with E-state index < -0.39 is 20.0 Å². The highest BCUT2D eigenvalue weighted by Crippen LogP contribution is 2.43. The molecule has 4 N–H and O–H groups in total. The van der Waals surface area contributed by atoms with Gasteiger partial charge in [0, 0.05) is 12.8 Å². The number of nitrogens with zero attached hydrogens (tertiary/aromatic N) is 1. The number of allylic oxidation sites excluding steroid dienone is 2. The number of carbonyl (C=O) groups excluding carboxylic acids is 1. The van der Waals surface area contributed by atoms with Gasteiger partial charge in [0.2, 0.25) is 7.34 Å². The molecule has 3 atom stereocenters. The second-order valence-electron chi connectivity index (χ2n) is 10.1. The first-order valence-electron chi connectivity index (χ1n) is 13.3. The first-order chi connectivity index (χ1) is 17.4. The van der Waals surface area contributed by atoms with Crippen LogP contribution in [0.25, 0.3) is 0 Å². The Hall–Kier alpha value is -1.26. The van der Waals surface area contributed by atoms with Crippen LogP contribution in [0.5, 0.6) is 0 Å². The Balaban J connectivity index is 4.32. The molecule has 0 saturated heterocycles. The van der Waals surface area contributed by atoms with Gasteiger partial charge in [0.25, 0.3) is 0 Å². The lowest BCUT2D eigenvalue weighted by Gasteiger charge is -2.25. The summed E-state index contributed by atoms with van der Waals surface area (Å²) in [6, 6.07) is -0.815. The van der Waals surface area contributed by atoms with Crippen LogP contribution in [0.1, 0.15) is 77.6 Å². The highest BCUT2D eigenvalue weighted by atomic mass is 31.2. The first kappa shape index (κ1) is 32.8. The number of phosphoric ester groups is 1. The lowest BCUT2D eigenvalue weighted by Crippen LogP contribution is -2.45. The van der Waals surface area contributed by atoms with Crippen molar-refractivity contribution in [2.75, 3.05) is 40.9 Å². The largest absolute Gasteiger partial charge is 0.472 e. The number of carbonyl (C=O) groups is 1. The third kappa shape index (κ3) is 20.9. The smallest absolute Gasteiger partial charge is 0.387 e. The lowest BCUT2D eigenvalue weighted by molar-refractivity contribution is -0.870. The van der Waals surface area contributed by atoms with Gasteiger partial charge < -0.3 is 24.7 Å². The number of rotatable bonds is 24. The average Bonchev–Trinajstić information content (AvgIpc) is 2.82. The highest BCUT2D eigenvalue weighted by Gasteiger charge is 2.27. The molecule has 11 heteroatoms. The lowest BCUT2D eigenvalue weighted by atomic mass is 10.1. The fourth-order valence-electron chi connectivity index (χ4n) is 3.35. The van der Waals surface area contributed by atoms with E-state index in [-0.39, 0.29) is 19.1 Å². The van der Waals surface area contributed by atoms with Crippen molar-refractivity contribution in [2.24, 2.45) is 0 Å². The Labute approximate surface area is 218 Å². The molecule has 0 fully saturated rings. The fourth-order valence-corrected chi connectivity index (χ4v) is 4.09. The molecule has 0 aromatic carbocycles. The van der Waals surface area contributed by atoms with Crippen molar-refractivity contribution in [2.45, 2.75) is 89.7 Å². The van der Waals surface area contributed by atoms with E-state index in [0.717, 1.165) is 57.8 Å². The summed E-state index contributed by atoms with van der Waals surface area (Å²) in [4.78, 5) is 26.5. The summed E-state index contributed by atoms with van der Waals surface area (Å²) in [5.74, 6) is 0.174. The van der Waals surface area contributed by atoms with Crippen molar-refractivity contribution in [3.63, 3.8) is 0 Å². The summed E-state index contributed by atoms with van der Waals surface area (Å²) < 4.78 is 30.3. The van der Waals surface area contributed by atoms with Crippen LogP contribution in [0.2, 0.25) is 0 Å². The van der Waals surface area contributed by atoms with Gasteiger partial charge in [-0.05, 0) is 19.8 Å². The predicted octanol–water partition coefficient (Wildman–Crippen LogP) is 4.54. The van der Waals surface area contributed by atoms with Crippen molar-refractivity contribution >= 4 is 13.7 Å². The molecule has 0 aromatic rings. The zero-order valence-electron chi connectivity index (χ0n) is 23.7. The zero-order chi connectivity index (χ0) is 28.2. The van der Waals surface area contributed by atoms with Gasteiger partial charge in [-0.3, -0.25) is 13.8 Å².